The molecule has 7 fully saturated rings. The number of carbonyl (C=O) groups excluding carboxylic acids is 2. The van der Waals surface area contributed by atoms with Crippen LogP contribution in [0.5, 0.6) is 0 Å². The number of methoxy groups -OCH3 is 2. The van der Waals surface area contributed by atoms with Crippen molar-refractivity contribution in [2.75, 3.05) is 34.0 Å². The first-order chi connectivity index (χ1) is 38.4. The molecule has 25 nitrogen and oxygen atoms in total. The molecule has 0 radical (unpaired) electrons. The first-order valence-electron chi connectivity index (χ1n) is 28.9. The number of allylic oxidation sites excluding steroid dienone is 1. The maximum Gasteiger partial charge on any atom is 1.00 e. The summed E-state index contributed by atoms with van der Waals surface area (Å²) >= 11 is -3.10. The number of fused-ring (bicyclic) bond motifs is 5. The van der Waals surface area contributed by atoms with Crippen molar-refractivity contribution in [3.8, 4) is 0 Å². The second-order valence-electron chi connectivity index (χ2n) is 26.1. The third kappa shape index (κ3) is 11.8. The van der Waals surface area contributed by atoms with Crippen LogP contribution in [0.15, 0.2) is 11.6 Å². The summed E-state index contributed by atoms with van der Waals surface area (Å²) in [6, 6.07) is 0. The number of aliphatic hydroxyl groups excluding tert-OH is 10. The topological polar surface area (TPSA) is 389 Å². The molecule has 27 heteroatoms. The molecule has 4 aliphatic heterocycles. The van der Waals surface area contributed by atoms with Gasteiger partial charge in [-0.25, -0.2) is 4.21 Å². The van der Waals surface area contributed by atoms with E-state index >= 15 is 0 Å². The Balaban J connectivity index is 0.00000990. The Labute approximate surface area is 509 Å². The average molecular weight is 1220 g/mol. The van der Waals surface area contributed by atoms with Gasteiger partial charge in [0.1, 0.15) is 97.3 Å². The molecule has 4 heterocycles. The van der Waals surface area contributed by atoms with Gasteiger partial charge in [0.15, 0.2) is 30.3 Å². The van der Waals surface area contributed by atoms with Gasteiger partial charge in [-0.15, -0.1) is 0 Å². The molecule has 4 aliphatic carbocycles. The minimum absolute atomic E-state index is 0. The van der Waals surface area contributed by atoms with E-state index in [0.29, 0.717) is 44.8 Å². The van der Waals surface area contributed by atoms with Gasteiger partial charge in [-0.2, -0.15) is 0 Å². The molecule has 4 saturated heterocycles. The van der Waals surface area contributed by atoms with Crippen molar-refractivity contribution in [3.05, 3.63) is 11.6 Å². The third-order valence-electron chi connectivity index (χ3n) is 21.4. The van der Waals surface area contributed by atoms with Gasteiger partial charge in [-0.05, 0) is 105 Å². The van der Waals surface area contributed by atoms with E-state index in [-0.39, 0.29) is 84.9 Å². The smallest absolute Gasteiger partial charge is 0.750 e. The van der Waals surface area contributed by atoms with E-state index in [9.17, 15) is 74.5 Å². The molecule has 0 aromatic carbocycles. The number of aliphatic hydroxyl groups is 11. The van der Waals surface area contributed by atoms with Gasteiger partial charge in [0.05, 0.1) is 54.9 Å². The van der Waals surface area contributed by atoms with E-state index in [2.05, 4.69) is 20.8 Å². The predicted molar refractivity (Wildman–Crippen MR) is 282 cm³/mol. The maximum atomic E-state index is 14.1. The Kier molecular flexibility index (Phi) is 22.4. The molecule has 83 heavy (non-hydrogen) atoms. The number of hydrogen-bond donors (Lipinski definition) is 11. The van der Waals surface area contributed by atoms with E-state index in [1.54, 1.807) is 13.0 Å². The molecule has 11 N–H and O–H groups in total. The fraction of sp³-hybridized carbons (Fsp3) is 0.929. The normalized spacial score (nSPS) is 49.0. The minimum atomic E-state index is -3.10. The van der Waals surface area contributed by atoms with Crippen LogP contribution in [0.2, 0.25) is 0 Å². The molecular formula is C56H91NaO25S. The van der Waals surface area contributed by atoms with E-state index in [1.807, 2.05) is 20.8 Å². The zero-order valence-corrected chi connectivity index (χ0v) is 52.4. The number of hydrogen-bond acceptors (Lipinski definition) is 25. The third-order valence-corrected chi connectivity index (χ3v) is 21.8. The number of carbonyl (C=O) groups is 2. The van der Waals surface area contributed by atoms with Crippen LogP contribution in [0.3, 0.4) is 0 Å². The molecule has 0 amide bonds. The number of ether oxygens (including phenoxy) is 9. The SMILES string of the molecule is CO[C@@H]1[C@H](O)[C@H](O[C@H]2C(O)C(CO)OC(OC3C(C)OC(OC4C(C[C@H]5CC[C@]6(C)C7=C[C@H](O)[C@]8(C=O)[C@@](O)([C@@](C)(OC)C(=O)CCC(C)C)CC[C@@]8(C)C7CCC6C5(C)C)OCC(OS(=O)[O-])[C@@H]4O)[C@@H](O)[C@H]3O)[C@H]2O)OC(CO)[C@@H]1O.[Na+]. The quantitative estimate of drug-likeness (QED) is 0.0238. The summed E-state index contributed by atoms with van der Waals surface area (Å²) < 4.78 is 81.7. The number of aldehydes is 1. The molecule has 13 unspecified atom stereocenters. The van der Waals surface area contributed by atoms with Gasteiger partial charge < -0.3 is 108 Å². The molecule has 8 rings (SSSR count). The van der Waals surface area contributed by atoms with Crippen molar-refractivity contribution in [2.45, 2.75) is 247 Å². The standard InChI is InChI=1S/C56H92O25S.Na/c1-25(2)11-14-35(60)54(8,73-10)56(69)18-17-53(7)28-12-13-34-51(4,5)27(15-16-52(34,6)29(28)20-36(61)55(53,56)24-59)19-30-45(39(64)33(23-74-30)81-82(70)71)79-48-41(66)40(65)44(26(3)75-48)78-50-43(68)47(38(63)32(22-58)77-50)80-49-42(67)46(72-9)37(62)31(21-57)76-49;/h20,24-28,30-34,36-50,57-58,61-69H,11-19,21-23H2,1-10H3,(H,70,71);/q;+1/p-1/t26?,27-,28?,30?,31?,32?,33?,34?,36+,37+,38?,39+,40-,41+,42+,43+,44?,45?,46+,47+,48?,49+,50?,52-,53+,54+,55+,56+;/m1./s1. The van der Waals surface area contributed by atoms with Crippen molar-refractivity contribution >= 4 is 23.4 Å². The predicted octanol–water partition coefficient (Wildman–Crippen LogP) is -4.27. The van der Waals surface area contributed by atoms with Crippen molar-refractivity contribution in [1.82, 2.24) is 0 Å². The van der Waals surface area contributed by atoms with Crippen molar-refractivity contribution in [2.24, 2.45) is 45.3 Å². The first-order valence-corrected chi connectivity index (χ1v) is 29.9. The zero-order valence-electron chi connectivity index (χ0n) is 49.5. The summed E-state index contributed by atoms with van der Waals surface area (Å²) in [5.41, 5.74) is -6.57. The second kappa shape index (κ2) is 26.7. The Morgan fingerprint density at radius 3 is 1.93 bits per heavy atom. The van der Waals surface area contributed by atoms with Crippen molar-refractivity contribution < 1.29 is 151 Å². The number of Topliss-reactive ketones (excluding diaryl/α,β-unsaturated/α-hetero) is 1. The maximum absolute atomic E-state index is 14.1. The van der Waals surface area contributed by atoms with Crippen LogP contribution in [-0.4, -0.2) is 245 Å². The first kappa shape index (κ1) is 69.8. The van der Waals surface area contributed by atoms with Gasteiger partial charge >= 0.3 is 29.6 Å². The monoisotopic (exact) mass is 1220 g/mol. The molecular weight excluding hydrogens is 1130 g/mol. The summed E-state index contributed by atoms with van der Waals surface area (Å²) in [6.45, 7) is 13.5. The summed E-state index contributed by atoms with van der Waals surface area (Å²) in [6.07, 6.45) is -25.3. The second-order valence-corrected chi connectivity index (χ2v) is 26.7. The van der Waals surface area contributed by atoms with E-state index in [1.165, 1.54) is 21.1 Å². The summed E-state index contributed by atoms with van der Waals surface area (Å²) in [5.74, 6) is -0.528. The van der Waals surface area contributed by atoms with Crippen molar-refractivity contribution in [1.29, 1.82) is 0 Å². The number of ketones is 1. The molecule has 8 aliphatic rings. The average Bonchev–Trinajstić information content (AvgIpc) is 1.82. The Morgan fingerprint density at radius 1 is 0.783 bits per heavy atom. The molecule has 0 aromatic heterocycles. The van der Waals surface area contributed by atoms with Crippen LogP contribution in [0.25, 0.3) is 0 Å². The molecule has 0 spiro atoms. The fourth-order valence-electron chi connectivity index (χ4n) is 16.4. The van der Waals surface area contributed by atoms with E-state index < -0.39 is 180 Å². The van der Waals surface area contributed by atoms with Gasteiger partial charge in [0, 0.05) is 20.6 Å². The van der Waals surface area contributed by atoms with Crippen LogP contribution in [0, 0.1) is 45.3 Å². The molecule has 0 aromatic rings. The fourth-order valence-corrected chi connectivity index (χ4v) is 16.8. The summed E-state index contributed by atoms with van der Waals surface area (Å²) in [4.78, 5) is 28.0. The molecule has 472 valence electrons. The summed E-state index contributed by atoms with van der Waals surface area (Å²) in [7, 11) is 2.55. The van der Waals surface area contributed by atoms with Crippen LogP contribution in [0.1, 0.15) is 113 Å². The van der Waals surface area contributed by atoms with Gasteiger partial charge in [0.2, 0.25) is 0 Å². The Hall–Kier alpha value is -0.650. The van der Waals surface area contributed by atoms with Crippen LogP contribution in [0.4, 0.5) is 0 Å². The van der Waals surface area contributed by atoms with E-state index in [4.69, 9.17) is 46.8 Å². The van der Waals surface area contributed by atoms with Crippen LogP contribution < -0.4 is 29.6 Å². The van der Waals surface area contributed by atoms with Gasteiger partial charge in [0.25, 0.3) is 0 Å². The molecule has 0 bridgehead atoms. The van der Waals surface area contributed by atoms with Crippen LogP contribution in [-0.2, 0) is 67.8 Å². The Morgan fingerprint density at radius 2 is 1.36 bits per heavy atom. The molecule has 29 atom stereocenters. The molecule has 3 saturated carbocycles. The largest absolute Gasteiger partial charge is 1.00 e. The Bertz CT molecular complexity index is 2290. The van der Waals surface area contributed by atoms with Gasteiger partial charge in [-0.3, -0.25) is 8.98 Å². The minimum Gasteiger partial charge on any atom is -0.750 e. The van der Waals surface area contributed by atoms with Crippen LogP contribution >= 0.6 is 0 Å². The summed E-state index contributed by atoms with van der Waals surface area (Å²) in [5, 5.41) is 125. The van der Waals surface area contributed by atoms with E-state index in [0.717, 1.165) is 5.57 Å². The zero-order chi connectivity index (χ0) is 60.6. The number of rotatable bonds is 20. The van der Waals surface area contributed by atoms with Crippen molar-refractivity contribution in [3.63, 3.8) is 0 Å². The van der Waals surface area contributed by atoms with Gasteiger partial charge in [-0.1, -0.05) is 53.2 Å².